The normalized spacial score (nSPS) is 16.2. The molecule has 9 heteroatoms. The summed E-state index contributed by atoms with van der Waals surface area (Å²) < 4.78 is 26.6. The zero-order valence-electron chi connectivity index (χ0n) is 16.1. The molecule has 1 fully saturated rings. The van der Waals surface area contributed by atoms with E-state index in [4.69, 9.17) is 11.6 Å². The standard InChI is InChI=1S/C19H25ClN4O3S/c1-15-17(19(20)22(2)21-15)13-23-9-6-10-24(12-11-23)18(25)14-28(26,27)16-7-4-3-5-8-16/h3-5,7-8H,6,9-14H2,1-2H3. The lowest BCUT2D eigenvalue weighted by molar-refractivity contribution is -0.128. The number of halogens is 1. The average molecular weight is 425 g/mol. The monoisotopic (exact) mass is 424 g/mol. The van der Waals surface area contributed by atoms with Crippen LogP contribution in [0.2, 0.25) is 5.15 Å². The fourth-order valence-electron chi connectivity index (χ4n) is 3.42. The molecule has 1 aromatic carbocycles. The predicted molar refractivity (Wildman–Crippen MR) is 108 cm³/mol. The van der Waals surface area contributed by atoms with Crippen LogP contribution in [0.4, 0.5) is 0 Å². The van der Waals surface area contributed by atoms with E-state index in [1.807, 2.05) is 14.0 Å². The van der Waals surface area contributed by atoms with E-state index >= 15 is 0 Å². The molecule has 1 aliphatic heterocycles. The Labute approximate surface area is 170 Å². The van der Waals surface area contributed by atoms with Crippen molar-refractivity contribution in [2.75, 3.05) is 31.9 Å². The second-order valence-corrected chi connectivity index (χ2v) is 9.41. The Balaban J connectivity index is 1.61. The number of hydrogen-bond donors (Lipinski definition) is 0. The van der Waals surface area contributed by atoms with Gasteiger partial charge in [-0.15, -0.1) is 0 Å². The third kappa shape index (κ3) is 4.74. The SMILES string of the molecule is Cc1nn(C)c(Cl)c1CN1CCCN(C(=O)CS(=O)(=O)c2ccccc2)CC1. The molecular formula is C19H25ClN4O3S. The minimum atomic E-state index is -3.62. The van der Waals surface area contributed by atoms with Crippen molar-refractivity contribution < 1.29 is 13.2 Å². The van der Waals surface area contributed by atoms with Gasteiger partial charge in [0.1, 0.15) is 10.9 Å². The molecule has 7 nitrogen and oxygen atoms in total. The molecule has 152 valence electrons. The smallest absolute Gasteiger partial charge is 0.238 e. The van der Waals surface area contributed by atoms with E-state index in [1.54, 1.807) is 27.8 Å². The minimum absolute atomic E-state index is 0.182. The fourth-order valence-corrected chi connectivity index (χ4v) is 4.90. The third-order valence-corrected chi connectivity index (χ3v) is 7.10. The van der Waals surface area contributed by atoms with Crippen LogP contribution in [0.3, 0.4) is 0 Å². The first-order valence-electron chi connectivity index (χ1n) is 9.24. The molecule has 0 aliphatic carbocycles. The van der Waals surface area contributed by atoms with Crippen molar-refractivity contribution in [1.29, 1.82) is 0 Å². The second-order valence-electron chi connectivity index (χ2n) is 7.06. The molecule has 0 bridgehead atoms. The Kier molecular flexibility index (Phi) is 6.42. The van der Waals surface area contributed by atoms with E-state index in [0.29, 0.717) is 31.3 Å². The molecule has 2 heterocycles. The number of carbonyl (C=O) groups excluding carboxylic acids is 1. The number of benzene rings is 1. The number of nitrogens with zero attached hydrogens (tertiary/aromatic N) is 4. The lowest BCUT2D eigenvalue weighted by atomic mass is 10.2. The Bertz CT molecular complexity index is 944. The van der Waals surface area contributed by atoms with Gasteiger partial charge < -0.3 is 4.90 Å². The minimum Gasteiger partial charge on any atom is -0.340 e. The molecule has 0 N–H and O–H groups in total. The van der Waals surface area contributed by atoms with Crippen LogP contribution >= 0.6 is 11.6 Å². The lowest BCUT2D eigenvalue weighted by Gasteiger charge is -2.22. The van der Waals surface area contributed by atoms with Gasteiger partial charge in [0.05, 0.1) is 10.6 Å². The maximum atomic E-state index is 12.6. The van der Waals surface area contributed by atoms with Crippen molar-refractivity contribution in [2.45, 2.75) is 24.8 Å². The first-order chi connectivity index (χ1) is 13.3. The summed E-state index contributed by atoms with van der Waals surface area (Å²) in [5.74, 6) is -0.842. The molecule has 0 atom stereocenters. The van der Waals surface area contributed by atoms with Crippen molar-refractivity contribution in [3.8, 4) is 0 Å². The molecule has 28 heavy (non-hydrogen) atoms. The van der Waals surface area contributed by atoms with Gasteiger partial charge in [-0.2, -0.15) is 5.10 Å². The van der Waals surface area contributed by atoms with Gasteiger partial charge in [0.25, 0.3) is 0 Å². The summed E-state index contributed by atoms with van der Waals surface area (Å²) in [5, 5.41) is 4.97. The Morgan fingerprint density at radius 1 is 1.14 bits per heavy atom. The van der Waals surface area contributed by atoms with E-state index in [-0.39, 0.29) is 10.8 Å². The number of aryl methyl sites for hydroxylation is 2. The number of aromatic nitrogens is 2. The Morgan fingerprint density at radius 2 is 1.86 bits per heavy atom. The fraction of sp³-hybridized carbons (Fsp3) is 0.474. The molecule has 2 aromatic rings. The molecular weight excluding hydrogens is 400 g/mol. The molecule has 1 amide bonds. The highest BCUT2D eigenvalue weighted by molar-refractivity contribution is 7.92. The van der Waals surface area contributed by atoms with Gasteiger partial charge in [0.2, 0.25) is 5.91 Å². The van der Waals surface area contributed by atoms with Crippen molar-refractivity contribution in [3.63, 3.8) is 0 Å². The van der Waals surface area contributed by atoms with Crippen LogP contribution in [-0.2, 0) is 28.2 Å². The van der Waals surface area contributed by atoms with Gasteiger partial charge in [-0.25, -0.2) is 8.42 Å². The van der Waals surface area contributed by atoms with Gasteiger partial charge in [-0.3, -0.25) is 14.4 Å². The zero-order chi connectivity index (χ0) is 20.3. The van der Waals surface area contributed by atoms with Gasteiger partial charge in [0.15, 0.2) is 9.84 Å². The summed E-state index contributed by atoms with van der Waals surface area (Å²) in [6.45, 7) is 5.15. The molecule has 3 rings (SSSR count). The molecule has 0 saturated carbocycles. The number of rotatable bonds is 5. The summed E-state index contributed by atoms with van der Waals surface area (Å²) in [7, 11) is -1.81. The maximum Gasteiger partial charge on any atom is 0.238 e. The summed E-state index contributed by atoms with van der Waals surface area (Å²) in [5.41, 5.74) is 1.90. The highest BCUT2D eigenvalue weighted by atomic mass is 35.5. The topological polar surface area (TPSA) is 75.5 Å². The van der Waals surface area contributed by atoms with Crippen LogP contribution in [-0.4, -0.2) is 65.8 Å². The van der Waals surface area contributed by atoms with E-state index in [1.165, 1.54) is 12.1 Å². The molecule has 1 aliphatic rings. The molecule has 0 unspecified atom stereocenters. The quantitative estimate of drug-likeness (QED) is 0.732. The number of amides is 1. The molecule has 0 radical (unpaired) electrons. The molecule has 0 spiro atoms. The second kappa shape index (κ2) is 8.63. The summed E-state index contributed by atoms with van der Waals surface area (Å²) in [6, 6.07) is 8.11. The third-order valence-electron chi connectivity index (χ3n) is 5.01. The van der Waals surface area contributed by atoms with Gasteiger partial charge in [0, 0.05) is 45.3 Å². The lowest BCUT2D eigenvalue weighted by Crippen LogP contribution is -2.38. The van der Waals surface area contributed by atoms with E-state index < -0.39 is 15.6 Å². The Morgan fingerprint density at radius 3 is 2.50 bits per heavy atom. The van der Waals surface area contributed by atoms with Gasteiger partial charge in [-0.05, 0) is 25.5 Å². The van der Waals surface area contributed by atoms with Crippen LogP contribution in [0.25, 0.3) is 0 Å². The summed E-state index contributed by atoms with van der Waals surface area (Å²) >= 11 is 6.33. The number of sulfone groups is 1. The van der Waals surface area contributed by atoms with E-state index in [2.05, 4.69) is 10.00 Å². The van der Waals surface area contributed by atoms with Gasteiger partial charge >= 0.3 is 0 Å². The maximum absolute atomic E-state index is 12.6. The van der Waals surface area contributed by atoms with Crippen molar-refractivity contribution in [3.05, 3.63) is 46.7 Å². The highest BCUT2D eigenvalue weighted by Gasteiger charge is 2.26. The van der Waals surface area contributed by atoms with Crippen LogP contribution in [0.5, 0.6) is 0 Å². The number of hydrogen-bond acceptors (Lipinski definition) is 5. The van der Waals surface area contributed by atoms with Crippen LogP contribution in [0, 0.1) is 6.92 Å². The molecule has 1 saturated heterocycles. The van der Waals surface area contributed by atoms with E-state index in [9.17, 15) is 13.2 Å². The highest BCUT2D eigenvalue weighted by Crippen LogP contribution is 2.21. The first kappa shape index (κ1) is 20.8. The average Bonchev–Trinajstić information content (AvgIpc) is 2.84. The molecule has 1 aromatic heterocycles. The summed E-state index contributed by atoms with van der Waals surface area (Å²) in [6.07, 6.45) is 0.786. The van der Waals surface area contributed by atoms with Crippen LogP contribution in [0.1, 0.15) is 17.7 Å². The largest absolute Gasteiger partial charge is 0.340 e. The van der Waals surface area contributed by atoms with E-state index in [0.717, 1.165) is 24.2 Å². The van der Waals surface area contributed by atoms with Crippen LogP contribution in [0.15, 0.2) is 35.2 Å². The van der Waals surface area contributed by atoms with Crippen LogP contribution < -0.4 is 0 Å². The van der Waals surface area contributed by atoms with Crippen molar-refractivity contribution >= 4 is 27.3 Å². The van der Waals surface area contributed by atoms with Gasteiger partial charge in [-0.1, -0.05) is 29.8 Å². The Hall–Kier alpha value is -1.90. The summed E-state index contributed by atoms with van der Waals surface area (Å²) in [4.78, 5) is 16.7. The first-order valence-corrected chi connectivity index (χ1v) is 11.3. The van der Waals surface area contributed by atoms with Crippen molar-refractivity contribution in [2.24, 2.45) is 7.05 Å². The van der Waals surface area contributed by atoms with Crippen molar-refractivity contribution in [1.82, 2.24) is 19.6 Å². The zero-order valence-corrected chi connectivity index (χ0v) is 17.7. The predicted octanol–water partition coefficient (Wildman–Crippen LogP) is 1.89. The number of carbonyl (C=O) groups is 1.